The fraction of sp³-hybridized carbons (Fsp3) is 0.520. The van der Waals surface area contributed by atoms with Crippen molar-refractivity contribution in [2.45, 2.75) is 38.8 Å². The Kier molecular flexibility index (Phi) is 7.20. The van der Waals surface area contributed by atoms with E-state index in [2.05, 4.69) is 22.0 Å². The Hall–Kier alpha value is -2.44. The highest BCUT2D eigenvalue weighted by molar-refractivity contribution is 5.97. The molecular formula is C25H33N3O3. The van der Waals surface area contributed by atoms with Gasteiger partial charge in [-0.15, -0.1) is 0 Å². The first-order valence-corrected chi connectivity index (χ1v) is 11.3. The van der Waals surface area contributed by atoms with E-state index in [1.165, 1.54) is 5.56 Å². The number of ether oxygens (including phenoxy) is 2. The van der Waals surface area contributed by atoms with Gasteiger partial charge in [0, 0.05) is 58.1 Å². The number of rotatable bonds is 7. The standard InChI is InChI=1S/C25H33N3O3/c1-19-3-4-24(23(15-19)25(29)28-14-7-21(17-28)18-30-2)31-22-8-12-27(13-9-22)16-20-5-10-26-11-6-20/h3-6,10-11,15,21-22H,7-9,12-14,16-18H2,1-2H3/t21-/m0/s1. The van der Waals surface area contributed by atoms with Crippen molar-refractivity contribution < 1.29 is 14.3 Å². The zero-order chi connectivity index (χ0) is 21.6. The number of aryl methyl sites for hydroxylation is 1. The zero-order valence-corrected chi connectivity index (χ0v) is 18.6. The molecule has 2 aliphatic heterocycles. The molecule has 6 nitrogen and oxygen atoms in total. The Balaban J connectivity index is 1.36. The molecule has 3 heterocycles. The number of hydrogen-bond donors (Lipinski definition) is 0. The second-order valence-corrected chi connectivity index (χ2v) is 8.81. The summed E-state index contributed by atoms with van der Waals surface area (Å²) in [6, 6.07) is 10.1. The summed E-state index contributed by atoms with van der Waals surface area (Å²) in [5.74, 6) is 1.22. The van der Waals surface area contributed by atoms with E-state index in [4.69, 9.17) is 9.47 Å². The van der Waals surface area contributed by atoms with Gasteiger partial charge < -0.3 is 14.4 Å². The summed E-state index contributed by atoms with van der Waals surface area (Å²) in [5, 5.41) is 0. The van der Waals surface area contributed by atoms with Gasteiger partial charge in [0.1, 0.15) is 11.9 Å². The fourth-order valence-corrected chi connectivity index (χ4v) is 4.58. The molecular weight excluding hydrogens is 390 g/mol. The molecule has 2 saturated heterocycles. The summed E-state index contributed by atoms with van der Waals surface area (Å²) < 4.78 is 11.7. The molecule has 0 bridgehead atoms. The number of carbonyl (C=O) groups is 1. The maximum absolute atomic E-state index is 13.3. The van der Waals surface area contributed by atoms with Crippen LogP contribution >= 0.6 is 0 Å². The minimum atomic E-state index is 0.0763. The predicted octanol–water partition coefficient (Wildman–Crippen LogP) is 3.54. The van der Waals surface area contributed by atoms with Crippen LogP contribution in [-0.2, 0) is 11.3 Å². The maximum Gasteiger partial charge on any atom is 0.257 e. The second kappa shape index (κ2) is 10.2. The van der Waals surface area contributed by atoms with E-state index in [9.17, 15) is 4.79 Å². The summed E-state index contributed by atoms with van der Waals surface area (Å²) in [5.41, 5.74) is 3.06. The summed E-state index contributed by atoms with van der Waals surface area (Å²) in [4.78, 5) is 21.8. The van der Waals surface area contributed by atoms with Gasteiger partial charge in [0.05, 0.1) is 12.2 Å². The molecule has 2 aromatic rings. The quantitative estimate of drug-likeness (QED) is 0.682. The molecule has 2 aliphatic rings. The normalized spacial score (nSPS) is 20.2. The molecule has 0 N–H and O–H groups in total. The molecule has 0 unspecified atom stereocenters. The topological polar surface area (TPSA) is 54.9 Å². The van der Waals surface area contributed by atoms with E-state index in [0.717, 1.165) is 63.3 Å². The lowest BCUT2D eigenvalue weighted by Crippen LogP contribution is -2.38. The molecule has 0 radical (unpaired) electrons. The fourth-order valence-electron chi connectivity index (χ4n) is 4.58. The first-order chi connectivity index (χ1) is 15.1. The summed E-state index contributed by atoms with van der Waals surface area (Å²) in [7, 11) is 1.72. The minimum Gasteiger partial charge on any atom is -0.489 e. The van der Waals surface area contributed by atoms with Gasteiger partial charge in [-0.1, -0.05) is 11.6 Å². The SMILES string of the molecule is COC[C@H]1CCN(C(=O)c2cc(C)ccc2OC2CCN(Cc3ccncc3)CC2)C1. The summed E-state index contributed by atoms with van der Waals surface area (Å²) >= 11 is 0. The number of methoxy groups -OCH3 is 1. The molecule has 2 fully saturated rings. The highest BCUT2D eigenvalue weighted by Gasteiger charge is 2.29. The molecule has 31 heavy (non-hydrogen) atoms. The van der Waals surface area contributed by atoms with Gasteiger partial charge in [-0.25, -0.2) is 0 Å². The number of amides is 1. The van der Waals surface area contributed by atoms with Crippen molar-refractivity contribution in [2.75, 3.05) is 39.9 Å². The van der Waals surface area contributed by atoms with Crippen molar-refractivity contribution in [1.29, 1.82) is 0 Å². The molecule has 1 aromatic heterocycles. The van der Waals surface area contributed by atoms with Crippen LogP contribution in [0.15, 0.2) is 42.7 Å². The summed E-state index contributed by atoms with van der Waals surface area (Å²) in [6.45, 7) is 7.21. The first-order valence-electron chi connectivity index (χ1n) is 11.3. The third-order valence-electron chi connectivity index (χ3n) is 6.32. The van der Waals surface area contributed by atoms with Crippen LogP contribution in [0, 0.1) is 12.8 Å². The Morgan fingerprint density at radius 1 is 1.10 bits per heavy atom. The van der Waals surface area contributed by atoms with Crippen LogP contribution < -0.4 is 4.74 Å². The Morgan fingerprint density at radius 3 is 2.61 bits per heavy atom. The molecule has 0 saturated carbocycles. The molecule has 1 amide bonds. The zero-order valence-electron chi connectivity index (χ0n) is 18.6. The average Bonchev–Trinajstić information content (AvgIpc) is 3.25. The van der Waals surface area contributed by atoms with Gasteiger partial charge in [0.25, 0.3) is 5.91 Å². The van der Waals surface area contributed by atoms with E-state index in [1.807, 2.05) is 42.4 Å². The summed E-state index contributed by atoms with van der Waals surface area (Å²) in [6.07, 6.45) is 6.76. The number of carbonyl (C=O) groups excluding carboxylic acids is 1. The highest BCUT2D eigenvalue weighted by Crippen LogP contribution is 2.28. The Morgan fingerprint density at radius 2 is 1.87 bits per heavy atom. The number of hydrogen-bond acceptors (Lipinski definition) is 5. The number of piperidine rings is 1. The van der Waals surface area contributed by atoms with Crippen LogP contribution in [0.5, 0.6) is 5.75 Å². The molecule has 166 valence electrons. The molecule has 0 aliphatic carbocycles. The number of aromatic nitrogens is 1. The lowest BCUT2D eigenvalue weighted by molar-refractivity contribution is 0.0749. The van der Waals surface area contributed by atoms with E-state index in [0.29, 0.717) is 18.1 Å². The number of benzene rings is 1. The molecule has 6 heteroatoms. The van der Waals surface area contributed by atoms with Gasteiger partial charge in [-0.05, 0) is 56.0 Å². The van der Waals surface area contributed by atoms with Crippen molar-refractivity contribution in [3.63, 3.8) is 0 Å². The van der Waals surface area contributed by atoms with Crippen LogP contribution in [0.3, 0.4) is 0 Å². The third-order valence-corrected chi connectivity index (χ3v) is 6.32. The van der Waals surface area contributed by atoms with Gasteiger partial charge in [0.2, 0.25) is 0 Å². The minimum absolute atomic E-state index is 0.0763. The predicted molar refractivity (Wildman–Crippen MR) is 120 cm³/mol. The monoisotopic (exact) mass is 423 g/mol. The number of pyridine rings is 1. The maximum atomic E-state index is 13.3. The van der Waals surface area contributed by atoms with Crippen LogP contribution in [0.25, 0.3) is 0 Å². The van der Waals surface area contributed by atoms with E-state index in [1.54, 1.807) is 7.11 Å². The van der Waals surface area contributed by atoms with Crippen LogP contribution in [0.2, 0.25) is 0 Å². The first kappa shape index (κ1) is 21.8. The van der Waals surface area contributed by atoms with Gasteiger partial charge >= 0.3 is 0 Å². The van der Waals surface area contributed by atoms with E-state index in [-0.39, 0.29) is 12.0 Å². The molecule has 4 rings (SSSR count). The van der Waals surface area contributed by atoms with Crippen molar-refractivity contribution in [1.82, 2.24) is 14.8 Å². The van der Waals surface area contributed by atoms with Crippen molar-refractivity contribution in [3.8, 4) is 5.75 Å². The number of nitrogens with zero attached hydrogens (tertiary/aromatic N) is 3. The lowest BCUT2D eigenvalue weighted by Gasteiger charge is -2.32. The van der Waals surface area contributed by atoms with Crippen molar-refractivity contribution >= 4 is 5.91 Å². The van der Waals surface area contributed by atoms with E-state index >= 15 is 0 Å². The van der Waals surface area contributed by atoms with Gasteiger partial charge in [-0.2, -0.15) is 0 Å². The molecule has 0 spiro atoms. The van der Waals surface area contributed by atoms with Crippen LogP contribution in [0.1, 0.15) is 40.7 Å². The van der Waals surface area contributed by atoms with Gasteiger partial charge in [0.15, 0.2) is 0 Å². The molecule has 1 atom stereocenters. The van der Waals surface area contributed by atoms with Gasteiger partial charge in [-0.3, -0.25) is 14.7 Å². The largest absolute Gasteiger partial charge is 0.489 e. The Bertz CT molecular complexity index is 866. The van der Waals surface area contributed by atoms with Crippen molar-refractivity contribution in [2.24, 2.45) is 5.92 Å². The Labute approximate surface area is 185 Å². The lowest BCUT2D eigenvalue weighted by atomic mass is 10.1. The molecule has 1 aromatic carbocycles. The highest BCUT2D eigenvalue weighted by atomic mass is 16.5. The van der Waals surface area contributed by atoms with Crippen LogP contribution in [0.4, 0.5) is 0 Å². The smallest absolute Gasteiger partial charge is 0.257 e. The number of likely N-dealkylation sites (tertiary alicyclic amines) is 2. The van der Waals surface area contributed by atoms with Crippen molar-refractivity contribution in [3.05, 3.63) is 59.4 Å². The third kappa shape index (κ3) is 5.63. The second-order valence-electron chi connectivity index (χ2n) is 8.81. The van der Waals surface area contributed by atoms with E-state index < -0.39 is 0 Å². The van der Waals surface area contributed by atoms with Crippen LogP contribution in [-0.4, -0.2) is 66.7 Å². The average molecular weight is 424 g/mol.